The van der Waals surface area contributed by atoms with Crippen LogP contribution in [-0.2, 0) is 4.79 Å². The lowest BCUT2D eigenvalue weighted by Gasteiger charge is -2.30. The molecule has 1 aliphatic heterocycles. The van der Waals surface area contributed by atoms with Crippen molar-refractivity contribution in [2.45, 2.75) is 39.5 Å². The smallest absolute Gasteiger partial charge is 0.319 e. The fourth-order valence-electron chi connectivity index (χ4n) is 3.37. The van der Waals surface area contributed by atoms with Crippen molar-refractivity contribution in [3.8, 4) is 0 Å². The first-order chi connectivity index (χ1) is 12.4. The van der Waals surface area contributed by atoms with E-state index in [1.165, 1.54) is 0 Å². The highest BCUT2D eigenvalue weighted by molar-refractivity contribution is 9.10. The van der Waals surface area contributed by atoms with Gasteiger partial charge < -0.3 is 21.3 Å². The van der Waals surface area contributed by atoms with Gasteiger partial charge in [-0.05, 0) is 82.4 Å². The van der Waals surface area contributed by atoms with E-state index in [1.54, 1.807) is 0 Å². The van der Waals surface area contributed by atoms with E-state index >= 15 is 0 Å². The minimum Gasteiger partial charge on any atom is -0.369 e. The zero-order valence-corrected chi connectivity index (χ0v) is 17.2. The van der Waals surface area contributed by atoms with Gasteiger partial charge in [-0.25, -0.2) is 4.79 Å². The predicted octanol–water partition coefficient (Wildman–Crippen LogP) is 3.16. The number of aryl methyl sites for hydroxylation is 2. The van der Waals surface area contributed by atoms with Crippen molar-refractivity contribution in [1.29, 1.82) is 0 Å². The van der Waals surface area contributed by atoms with Gasteiger partial charge >= 0.3 is 6.03 Å². The highest BCUT2D eigenvalue weighted by Crippen LogP contribution is 2.25. The molecule has 1 fully saturated rings. The Morgan fingerprint density at radius 1 is 1.19 bits per heavy atom. The van der Waals surface area contributed by atoms with Crippen LogP contribution >= 0.6 is 15.9 Å². The number of carbonyl (C=O) groups is 2. The molecule has 0 aliphatic carbocycles. The number of halogens is 1. The molecule has 6 nitrogen and oxygen atoms in total. The van der Waals surface area contributed by atoms with E-state index < -0.39 is 0 Å². The molecular formula is C19H29BrN4O2. The van der Waals surface area contributed by atoms with Crippen molar-refractivity contribution in [3.05, 3.63) is 27.7 Å². The number of hydrogen-bond acceptors (Lipinski definition) is 3. The van der Waals surface area contributed by atoms with Gasteiger partial charge in [-0.3, -0.25) is 4.79 Å². The Morgan fingerprint density at radius 2 is 1.81 bits per heavy atom. The second-order valence-corrected chi connectivity index (χ2v) is 7.94. The normalized spacial score (nSPS) is 15.7. The SMILES string of the molecule is Cc1cc(Br)cc(C)c1NC(=O)NCCCCN1CCC(C(N)=O)CC1. The molecule has 7 heteroatoms. The van der Waals surface area contributed by atoms with Gasteiger partial charge in [0, 0.05) is 22.6 Å². The van der Waals surface area contributed by atoms with Crippen molar-refractivity contribution >= 4 is 33.6 Å². The molecule has 1 heterocycles. The Morgan fingerprint density at radius 3 is 2.38 bits per heavy atom. The number of anilines is 1. The third-order valence-corrected chi connectivity index (χ3v) is 5.37. The van der Waals surface area contributed by atoms with Crippen LogP contribution in [0.15, 0.2) is 16.6 Å². The van der Waals surface area contributed by atoms with Gasteiger partial charge in [0.2, 0.25) is 5.91 Å². The largest absolute Gasteiger partial charge is 0.369 e. The van der Waals surface area contributed by atoms with Crippen molar-refractivity contribution in [1.82, 2.24) is 10.2 Å². The lowest BCUT2D eigenvalue weighted by molar-refractivity contribution is -0.123. The number of nitrogens with one attached hydrogen (secondary N) is 2. The van der Waals surface area contributed by atoms with Crippen molar-refractivity contribution in [2.24, 2.45) is 11.7 Å². The van der Waals surface area contributed by atoms with E-state index in [1.807, 2.05) is 26.0 Å². The standard InChI is InChI=1S/C19H29BrN4O2/c1-13-11-16(20)12-14(2)17(13)23-19(26)22-7-3-4-8-24-9-5-15(6-10-24)18(21)25/h11-12,15H,3-10H2,1-2H3,(H2,21,25)(H2,22,23,26). The molecule has 1 aliphatic rings. The second-order valence-electron chi connectivity index (χ2n) is 7.02. The molecule has 0 unspecified atom stereocenters. The van der Waals surface area contributed by atoms with E-state index in [0.29, 0.717) is 6.54 Å². The summed E-state index contributed by atoms with van der Waals surface area (Å²) in [6.45, 7) is 7.48. The van der Waals surface area contributed by atoms with Crippen LogP contribution in [0.5, 0.6) is 0 Å². The molecule has 0 aromatic heterocycles. The number of nitrogens with zero attached hydrogens (tertiary/aromatic N) is 1. The molecule has 1 aromatic carbocycles. The molecule has 0 saturated carbocycles. The number of unbranched alkanes of at least 4 members (excludes halogenated alkanes) is 1. The molecule has 144 valence electrons. The van der Waals surface area contributed by atoms with E-state index in [4.69, 9.17) is 5.73 Å². The summed E-state index contributed by atoms with van der Waals surface area (Å²) in [7, 11) is 0. The molecule has 0 atom stereocenters. The molecule has 26 heavy (non-hydrogen) atoms. The monoisotopic (exact) mass is 424 g/mol. The molecule has 1 aromatic rings. The Hall–Kier alpha value is -1.60. The summed E-state index contributed by atoms with van der Waals surface area (Å²) in [5, 5.41) is 5.85. The van der Waals surface area contributed by atoms with Crippen LogP contribution < -0.4 is 16.4 Å². The quantitative estimate of drug-likeness (QED) is 0.587. The van der Waals surface area contributed by atoms with Crippen LogP contribution in [0.4, 0.5) is 10.5 Å². The zero-order valence-electron chi connectivity index (χ0n) is 15.6. The fourth-order valence-corrected chi connectivity index (χ4v) is 4.06. The summed E-state index contributed by atoms with van der Waals surface area (Å²) in [5.41, 5.74) is 8.29. The van der Waals surface area contributed by atoms with E-state index in [-0.39, 0.29) is 17.9 Å². The van der Waals surface area contributed by atoms with Gasteiger partial charge in [-0.2, -0.15) is 0 Å². The number of amides is 3. The molecule has 3 amide bonds. The molecule has 1 saturated heterocycles. The number of hydrogen-bond donors (Lipinski definition) is 3. The first-order valence-electron chi connectivity index (χ1n) is 9.20. The van der Waals surface area contributed by atoms with E-state index in [9.17, 15) is 9.59 Å². The van der Waals surface area contributed by atoms with Gasteiger partial charge in [-0.15, -0.1) is 0 Å². The number of nitrogens with two attached hydrogens (primary N) is 1. The highest BCUT2D eigenvalue weighted by Gasteiger charge is 2.22. The lowest BCUT2D eigenvalue weighted by Crippen LogP contribution is -2.39. The Bertz CT molecular complexity index is 619. The molecule has 0 radical (unpaired) electrons. The van der Waals surface area contributed by atoms with Crippen LogP contribution in [0.25, 0.3) is 0 Å². The first kappa shape index (κ1) is 20.7. The summed E-state index contributed by atoms with van der Waals surface area (Å²) < 4.78 is 1.01. The molecule has 0 bridgehead atoms. The number of benzene rings is 1. The van der Waals surface area contributed by atoms with Gasteiger partial charge in [0.15, 0.2) is 0 Å². The third-order valence-electron chi connectivity index (χ3n) is 4.91. The fraction of sp³-hybridized carbons (Fsp3) is 0.579. The van der Waals surface area contributed by atoms with Gasteiger partial charge in [-0.1, -0.05) is 15.9 Å². The van der Waals surface area contributed by atoms with E-state index in [0.717, 1.165) is 66.6 Å². The maximum Gasteiger partial charge on any atom is 0.319 e. The third kappa shape index (κ3) is 6.29. The minimum atomic E-state index is -0.170. The highest BCUT2D eigenvalue weighted by atomic mass is 79.9. The molecule has 0 spiro atoms. The number of rotatable bonds is 7. The topological polar surface area (TPSA) is 87.5 Å². The van der Waals surface area contributed by atoms with Gasteiger partial charge in [0.25, 0.3) is 0 Å². The number of piperidine rings is 1. The maximum atomic E-state index is 12.1. The van der Waals surface area contributed by atoms with Crippen molar-refractivity contribution < 1.29 is 9.59 Å². The van der Waals surface area contributed by atoms with E-state index in [2.05, 4.69) is 31.5 Å². The summed E-state index contributed by atoms with van der Waals surface area (Å²) in [6.07, 6.45) is 3.68. The summed E-state index contributed by atoms with van der Waals surface area (Å²) in [5.74, 6) is -0.127. The minimum absolute atomic E-state index is 0.0436. The number of urea groups is 1. The number of likely N-dealkylation sites (tertiary alicyclic amines) is 1. The van der Waals surface area contributed by atoms with Gasteiger partial charge in [0.05, 0.1) is 0 Å². The lowest BCUT2D eigenvalue weighted by atomic mass is 9.96. The van der Waals surface area contributed by atoms with Crippen LogP contribution in [0.1, 0.15) is 36.8 Å². The zero-order chi connectivity index (χ0) is 19.1. The summed E-state index contributed by atoms with van der Waals surface area (Å²) in [6, 6.07) is 3.81. The molecule has 2 rings (SSSR count). The van der Waals surface area contributed by atoms with Crippen molar-refractivity contribution in [3.63, 3.8) is 0 Å². The second kappa shape index (κ2) is 9.92. The number of primary amides is 1. The van der Waals surface area contributed by atoms with Crippen LogP contribution in [0, 0.1) is 19.8 Å². The summed E-state index contributed by atoms with van der Waals surface area (Å²) >= 11 is 3.46. The Kier molecular flexibility index (Phi) is 7.90. The Labute approximate surface area is 164 Å². The number of carbonyl (C=O) groups excluding carboxylic acids is 2. The molecular weight excluding hydrogens is 396 g/mol. The van der Waals surface area contributed by atoms with Crippen LogP contribution in [0.2, 0.25) is 0 Å². The maximum absolute atomic E-state index is 12.1. The molecule has 4 N–H and O–H groups in total. The van der Waals surface area contributed by atoms with Crippen LogP contribution in [0.3, 0.4) is 0 Å². The predicted molar refractivity (Wildman–Crippen MR) is 108 cm³/mol. The van der Waals surface area contributed by atoms with Gasteiger partial charge in [0.1, 0.15) is 0 Å². The average molecular weight is 425 g/mol. The summed E-state index contributed by atoms with van der Waals surface area (Å²) in [4.78, 5) is 25.6. The van der Waals surface area contributed by atoms with Crippen molar-refractivity contribution in [2.75, 3.05) is 31.5 Å². The Balaban J connectivity index is 1.62. The average Bonchev–Trinajstić information content (AvgIpc) is 2.58. The first-order valence-corrected chi connectivity index (χ1v) is 9.99. The van der Waals surface area contributed by atoms with Crippen LogP contribution in [-0.4, -0.2) is 43.0 Å².